The number of carbonyl (C=O) groups excluding carboxylic acids is 1. The van der Waals surface area contributed by atoms with Crippen LogP contribution < -0.4 is 5.32 Å². The maximum Gasteiger partial charge on any atom is 0.256 e. The number of nitrogens with zero attached hydrogens (tertiary/aromatic N) is 3. The van der Waals surface area contributed by atoms with Crippen LogP contribution in [0.1, 0.15) is 21.5 Å². The van der Waals surface area contributed by atoms with E-state index in [1.807, 2.05) is 30.3 Å². The molecule has 0 fully saturated rings. The lowest BCUT2D eigenvalue weighted by Crippen LogP contribution is -2.16. The van der Waals surface area contributed by atoms with Gasteiger partial charge in [-0.1, -0.05) is 40.2 Å². The molecule has 0 saturated heterocycles. The van der Waals surface area contributed by atoms with E-state index in [4.69, 9.17) is 5.26 Å². The first kappa shape index (κ1) is 16.0. The second-order valence-corrected chi connectivity index (χ2v) is 5.97. The largest absolute Gasteiger partial charge is 0.307 e. The van der Waals surface area contributed by atoms with E-state index in [1.165, 1.54) is 0 Å². The zero-order valence-electron chi connectivity index (χ0n) is 12.6. The number of halogens is 1. The molecule has 2 aromatic carbocycles. The number of benzene rings is 2. The Balaban J connectivity index is 1.79. The molecule has 1 amide bonds. The van der Waals surface area contributed by atoms with E-state index in [0.717, 1.165) is 10.0 Å². The van der Waals surface area contributed by atoms with Gasteiger partial charge < -0.3 is 5.32 Å². The van der Waals surface area contributed by atoms with E-state index in [0.29, 0.717) is 23.5 Å². The van der Waals surface area contributed by atoms with Crippen LogP contribution in [0.3, 0.4) is 0 Å². The zero-order valence-corrected chi connectivity index (χ0v) is 14.2. The van der Waals surface area contributed by atoms with Crippen molar-refractivity contribution in [3.8, 4) is 6.07 Å². The van der Waals surface area contributed by atoms with E-state index in [2.05, 4.69) is 26.3 Å². The highest BCUT2D eigenvalue weighted by Crippen LogP contribution is 2.19. The summed E-state index contributed by atoms with van der Waals surface area (Å²) in [7, 11) is 0. The second-order valence-electron chi connectivity index (χ2n) is 5.11. The van der Waals surface area contributed by atoms with E-state index < -0.39 is 0 Å². The number of nitrogens with one attached hydrogen (secondary N) is 1. The quantitative estimate of drug-likeness (QED) is 0.747. The normalized spacial score (nSPS) is 10.2. The van der Waals surface area contributed by atoms with Gasteiger partial charge in [0.05, 0.1) is 24.4 Å². The molecular formula is C18H13BrN4O. The molecule has 5 nitrogen and oxygen atoms in total. The summed E-state index contributed by atoms with van der Waals surface area (Å²) in [5.74, 6) is 0.319. The summed E-state index contributed by atoms with van der Waals surface area (Å²) in [5.41, 5.74) is 1.94. The van der Waals surface area contributed by atoms with Gasteiger partial charge >= 0.3 is 0 Å². The molecule has 0 aliphatic heterocycles. The van der Waals surface area contributed by atoms with Crippen LogP contribution in [0.15, 0.2) is 65.3 Å². The van der Waals surface area contributed by atoms with Gasteiger partial charge in [0.1, 0.15) is 5.82 Å². The van der Waals surface area contributed by atoms with Crippen molar-refractivity contribution in [2.45, 2.75) is 6.54 Å². The Morgan fingerprint density at radius 3 is 2.83 bits per heavy atom. The van der Waals surface area contributed by atoms with Gasteiger partial charge in [0, 0.05) is 16.1 Å². The second kappa shape index (κ2) is 7.11. The maximum absolute atomic E-state index is 12.4. The van der Waals surface area contributed by atoms with E-state index in [1.54, 1.807) is 41.2 Å². The minimum Gasteiger partial charge on any atom is -0.307 e. The van der Waals surface area contributed by atoms with Gasteiger partial charge in [-0.05, 0) is 29.8 Å². The zero-order chi connectivity index (χ0) is 16.9. The Labute approximate surface area is 147 Å². The number of aromatic nitrogens is 2. The first-order valence-electron chi connectivity index (χ1n) is 7.24. The average Bonchev–Trinajstić information content (AvgIpc) is 3.04. The predicted molar refractivity (Wildman–Crippen MR) is 94.6 cm³/mol. The molecule has 0 bridgehead atoms. The van der Waals surface area contributed by atoms with Crippen molar-refractivity contribution in [1.82, 2.24) is 9.78 Å². The van der Waals surface area contributed by atoms with Crippen LogP contribution in [0.25, 0.3) is 0 Å². The van der Waals surface area contributed by atoms with Crippen molar-refractivity contribution in [2.75, 3.05) is 5.32 Å². The molecule has 0 radical (unpaired) electrons. The smallest absolute Gasteiger partial charge is 0.256 e. The Hall–Kier alpha value is -2.91. The number of carbonyl (C=O) groups is 1. The summed E-state index contributed by atoms with van der Waals surface area (Å²) >= 11 is 3.51. The molecular weight excluding hydrogens is 368 g/mol. The van der Waals surface area contributed by atoms with Gasteiger partial charge in [0.2, 0.25) is 0 Å². The molecule has 0 aliphatic rings. The standard InChI is InChI=1S/C18H13BrN4O/c19-16-7-2-1-5-15(16)12-23-17(8-9-21-23)22-18(24)14-6-3-4-13(10-14)11-20/h1-10H,12H2,(H,22,24). The summed E-state index contributed by atoms with van der Waals surface area (Å²) < 4.78 is 2.70. The van der Waals surface area contributed by atoms with Crippen LogP contribution in [0.5, 0.6) is 0 Å². The summed E-state index contributed by atoms with van der Waals surface area (Å²) in [6.07, 6.45) is 1.64. The van der Waals surface area contributed by atoms with Gasteiger partial charge in [-0.3, -0.25) is 4.79 Å². The first-order valence-corrected chi connectivity index (χ1v) is 8.03. The number of hydrogen-bond donors (Lipinski definition) is 1. The minimum absolute atomic E-state index is 0.277. The van der Waals surface area contributed by atoms with Crippen molar-refractivity contribution in [1.29, 1.82) is 5.26 Å². The Morgan fingerprint density at radius 2 is 2.04 bits per heavy atom. The fourth-order valence-electron chi connectivity index (χ4n) is 2.27. The third-order valence-electron chi connectivity index (χ3n) is 3.49. The molecule has 3 rings (SSSR count). The Morgan fingerprint density at radius 1 is 1.21 bits per heavy atom. The molecule has 24 heavy (non-hydrogen) atoms. The fourth-order valence-corrected chi connectivity index (χ4v) is 2.68. The maximum atomic E-state index is 12.4. The van der Waals surface area contributed by atoms with Crippen LogP contribution in [-0.4, -0.2) is 15.7 Å². The van der Waals surface area contributed by atoms with Crippen LogP contribution in [0.4, 0.5) is 5.82 Å². The number of amides is 1. The number of anilines is 1. The summed E-state index contributed by atoms with van der Waals surface area (Å²) in [6, 6.07) is 18.2. The van der Waals surface area contributed by atoms with Gasteiger partial charge in [0.25, 0.3) is 5.91 Å². The lowest BCUT2D eigenvalue weighted by molar-refractivity contribution is 0.102. The highest BCUT2D eigenvalue weighted by molar-refractivity contribution is 9.10. The molecule has 0 unspecified atom stereocenters. The summed E-state index contributed by atoms with van der Waals surface area (Å²) in [4.78, 5) is 12.4. The molecule has 118 valence electrons. The van der Waals surface area contributed by atoms with Crippen LogP contribution in [-0.2, 0) is 6.54 Å². The van der Waals surface area contributed by atoms with Gasteiger partial charge in [-0.25, -0.2) is 4.68 Å². The third-order valence-corrected chi connectivity index (χ3v) is 4.26. The molecule has 0 saturated carbocycles. The highest BCUT2D eigenvalue weighted by Gasteiger charge is 2.11. The SMILES string of the molecule is N#Cc1cccc(C(=O)Nc2ccnn2Cc2ccccc2Br)c1. The number of rotatable bonds is 4. The van der Waals surface area contributed by atoms with Crippen molar-refractivity contribution in [3.05, 3.63) is 82.0 Å². The van der Waals surface area contributed by atoms with Crippen LogP contribution in [0.2, 0.25) is 0 Å². The van der Waals surface area contributed by atoms with Gasteiger partial charge in [-0.2, -0.15) is 10.4 Å². The molecule has 1 N–H and O–H groups in total. The number of nitriles is 1. The summed E-state index contributed by atoms with van der Waals surface area (Å²) in [5, 5.41) is 16.0. The van der Waals surface area contributed by atoms with Crippen LogP contribution in [0, 0.1) is 11.3 Å². The molecule has 0 aliphatic carbocycles. The highest BCUT2D eigenvalue weighted by atomic mass is 79.9. The molecule has 6 heteroatoms. The minimum atomic E-state index is -0.277. The van der Waals surface area contributed by atoms with Crippen molar-refractivity contribution in [2.24, 2.45) is 0 Å². The Kier molecular flexibility index (Phi) is 4.73. The molecule has 0 spiro atoms. The fraction of sp³-hybridized carbons (Fsp3) is 0.0556. The molecule has 1 aromatic heterocycles. The lowest BCUT2D eigenvalue weighted by Gasteiger charge is -2.10. The monoisotopic (exact) mass is 380 g/mol. The van der Waals surface area contributed by atoms with Gasteiger partial charge in [-0.15, -0.1) is 0 Å². The van der Waals surface area contributed by atoms with E-state index in [9.17, 15) is 4.79 Å². The predicted octanol–water partition coefficient (Wildman–Crippen LogP) is 3.82. The average molecular weight is 381 g/mol. The van der Waals surface area contributed by atoms with Crippen molar-refractivity contribution in [3.63, 3.8) is 0 Å². The molecule has 3 aromatic rings. The number of hydrogen-bond acceptors (Lipinski definition) is 3. The van der Waals surface area contributed by atoms with Crippen molar-refractivity contribution >= 4 is 27.7 Å². The molecule has 1 heterocycles. The topological polar surface area (TPSA) is 70.7 Å². The third kappa shape index (κ3) is 3.53. The van der Waals surface area contributed by atoms with E-state index >= 15 is 0 Å². The van der Waals surface area contributed by atoms with Crippen molar-refractivity contribution < 1.29 is 4.79 Å². The van der Waals surface area contributed by atoms with Crippen LogP contribution >= 0.6 is 15.9 Å². The summed E-state index contributed by atoms with van der Waals surface area (Å²) in [6.45, 7) is 0.530. The first-order chi connectivity index (χ1) is 11.7. The lowest BCUT2D eigenvalue weighted by atomic mass is 10.1. The van der Waals surface area contributed by atoms with E-state index in [-0.39, 0.29) is 5.91 Å². The molecule has 0 atom stereocenters. The Bertz CT molecular complexity index is 927. The van der Waals surface area contributed by atoms with Gasteiger partial charge in [0.15, 0.2) is 0 Å².